The van der Waals surface area contributed by atoms with Gasteiger partial charge < -0.3 is 9.13 Å². The molecule has 1 aliphatic rings. The molecule has 2 aromatic carbocycles. The van der Waals surface area contributed by atoms with Gasteiger partial charge in [0.1, 0.15) is 16.0 Å². The van der Waals surface area contributed by atoms with Gasteiger partial charge in [-0.05, 0) is 59.6 Å². The summed E-state index contributed by atoms with van der Waals surface area (Å²) in [6.07, 6.45) is 3.95. The third-order valence-corrected chi connectivity index (χ3v) is 6.71. The lowest BCUT2D eigenvalue weighted by Crippen LogP contribution is -2.15. The van der Waals surface area contributed by atoms with Crippen molar-refractivity contribution >= 4 is 43.6 Å². The molecule has 0 saturated heterocycles. The Morgan fingerprint density at radius 1 is 1.10 bits per heavy atom. The molecule has 1 aliphatic carbocycles. The van der Waals surface area contributed by atoms with E-state index in [9.17, 15) is 9.59 Å². The molecule has 0 spiro atoms. The highest BCUT2D eigenvalue weighted by molar-refractivity contribution is 7.12. The van der Waals surface area contributed by atoms with Gasteiger partial charge in [-0.2, -0.15) is 0 Å². The zero-order valence-electron chi connectivity index (χ0n) is 15.5. The molecule has 1 fully saturated rings. The molecule has 0 aliphatic heterocycles. The minimum atomic E-state index is -0.462. The number of nitrogens with one attached hydrogen (secondary N) is 1. The van der Waals surface area contributed by atoms with Crippen LogP contribution >= 0.6 is 11.5 Å². The Hall–Kier alpha value is -3.19. The summed E-state index contributed by atoms with van der Waals surface area (Å²) in [5.41, 5.74) is 2.11. The summed E-state index contributed by atoms with van der Waals surface area (Å²) in [7, 11) is 1.96. The van der Waals surface area contributed by atoms with E-state index in [2.05, 4.69) is 4.37 Å². The van der Waals surface area contributed by atoms with Crippen molar-refractivity contribution in [1.29, 1.82) is 0 Å². The normalized spacial score (nSPS) is 14.4. The molecule has 144 valence electrons. The average Bonchev–Trinajstić information content (AvgIpc) is 3.38. The van der Waals surface area contributed by atoms with E-state index >= 15 is 4.39 Å². The van der Waals surface area contributed by atoms with E-state index in [-0.39, 0.29) is 16.8 Å². The van der Waals surface area contributed by atoms with Gasteiger partial charge in [-0.15, -0.1) is 0 Å². The SMILES string of the molecule is Cn1ccc2ccc(-c3cc4c(cc3F)c(=O)c3c(=O)[nH]sc3n4C3CC3)cc21. The predicted molar refractivity (Wildman–Crippen MR) is 114 cm³/mol. The van der Waals surface area contributed by atoms with Crippen LogP contribution in [0.2, 0.25) is 0 Å². The second-order valence-electron chi connectivity index (χ2n) is 7.69. The highest BCUT2D eigenvalue weighted by Crippen LogP contribution is 2.41. The summed E-state index contributed by atoms with van der Waals surface area (Å²) in [5, 5.41) is 1.48. The lowest BCUT2D eigenvalue weighted by atomic mass is 10.0. The van der Waals surface area contributed by atoms with Crippen molar-refractivity contribution < 1.29 is 4.39 Å². The molecule has 5 aromatic rings. The maximum absolute atomic E-state index is 15.1. The van der Waals surface area contributed by atoms with Crippen LogP contribution in [0.4, 0.5) is 4.39 Å². The van der Waals surface area contributed by atoms with Crippen molar-refractivity contribution in [2.45, 2.75) is 18.9 Å². The molecule has 5 nitrogen and oxygen atoms in total. The monoisotopic (exact) mass is 405 g/mol. The summed E-state index contributed by atoms with van der Waals surface area (Å²) in [6, 6.07) is 11.1. The van der Waals surface area contributed by atoms with Gasteiger partial charge in [0.25, 0.3) is 5.56 Å². The standard InChI is InChI=1S/C22H16FN3O2S/c1-25-7-6-11-2-3-12(8-17(11)25)14-10-18-15(9-16(14)23)20(27)19-21(28)24-29-22(19)26(18)13-4-5-13/h2-3,6-10,13H,4-5H2,1H3,(H,24,28). The number of aryl methyl sites for hydroxylation is 1. The van der Waals surface area contributed by atoms with Crippen molar-refractivity contribution in [3.05, 3.63) is 69.0 Å². The second kappa shape index (κ2) is 5.67. The summed E-state index contributed by atoms with van der Waals surface area (Å²) in [6.45, 7) is 0. The molecule has 3 aromatic heterocycles. The molecule has 1 saturated carbocycles. The fourth-order valence-corrected chi connectivity index (χ4v) is 5.12. The summed E-state index contributed by atoms with van der Waals surface area (Å²) >= 11 is 1.18. The molecular weight excluding hydrogens is 389 g/mol. The molecule has 29 heavy (non-hydrogen) atoms. The smallest absolute Gasteiger partial charge is 0.271 e. The zero-order valence-corrected chi connectivity index (χ0v) is 16.3. The third-order valence-electron chi connectivity index (χ3n) is 5.83. The van der Waals surface area contributed by atoms with Gasteiger partial charge >= 0.3 is 0 Å². The van der Waals surface area contributed by atoms with E-state index in [1.54, 1.807) is 6.07 Å². The molecule has 7 heteroatoms. The van der Waals surface area contributed by atoms with Crippen molar-refractivity contribution in [2.75, 3.05) is 0 Å². The molecular formula is C22H16FN3O2S. The van der Waals surface area contributed by atoms with Gasteiger partial charge in [-0.25, -0.2) is 4.39 Å². The van der Waals surface area contributed by atoms with Crippen molar-refractivity contribution in [3.63, 3.8) is 0 Å². The lowest BCUT2D eigenvalue weighted by Gasteiger charge is -2.14. The van der Waals surface area contributed by atoms with Crippen molar-refractivity contribution in [3.8, 4) is 11.1 Å². The van der Waals surface area contributed by atoms with Gasteiger partial charge in [-0.1, -0.05) is 12.1 Å². The summed E-state index contributed by atoms with van der Waals surface area (Å²) in [4.78, 5) is 25.8. The molecule has 6 rings (SSSR count). The van der Waals surface area contributed by atoms with E-state index in [0.29, 0.717) is 15.9 Å². The van der Waals surface area contributed by atoms with Crippen molar-refractivity contribution in [2.24, 2.45) is 7.05 Å². The molecule has 0 radical (unpaired) electrons. The number of aromatic amines is 1. The molecule has 3 heterocycles. The number of fused-ring (bicyclic) bond motifs is 3. The number of halogens is 1. The number of hydrogen-bond acceptors (Lipinski definition) is 3. The number of pyridine rings is 1. The van der Waals surface area contributed by atoms with Crippen LogP contribution < -0.4 is 11.0 Å². The van der Waals surface area contributed by atoms with Crippen LogP contribution in [-0.2, 0) is 7.05 Å². The lowest BCUT2D eigenvalue weighted by molar-refractivity contribution is 0.632. The van der Waals surface area contributed by atoms with E-state index in [1.807, 2.05) is 46.6 Å². The van der Waals surface area contributed by atoms with Crippen LogP contribution in [0, 0.1) is 5.82 Å². The maximum Gasteiger partial charge on any atom is 0.271 e. The quantitative estimate of drug-likeness (QED) is 0.469. The minimum absolute atomic E-state index is 0.131. The van der Waals surface area contributed by atoms with Gasteiger partial charge in [0.05, 0.1) is 5.52 Å². The number of benzene rings is 2. The highest BCUT2D eigenvalue weighted by atomic mass is 32.1. The van der Waals surface area contributed by atoms with E-state index in [0.717, 1.165) is 29.3 Å². The Kier molecular flexibility index (Phi) is 3.27. The van der Waals surface area contributed by atoms with Crippen LogP contribution in [0.3, 0.4) is 0 Å². The van der Waals surface area contributed by atoms with Crippen LogP contribution in [0.5, 0.6) is 0 Å². The van der Waals surface area contributed by atoms with Gasteiger partial charge in [-0.3, -0.25) is 14.0 Å². The van der Waals surface area contributed by atoms with E-state index in [1.165, 1.54) is 17.6 Å². The number of rotatable bonds is 2. The fraction of sp³-hybridized carbons (Fsp3) is 0.182. The number of nitrogens with zero attached hydrogens (tertiary/aromatic N) is 2. The first-order valence-electron chi connectivity index (χ1n) is 9.47. The topological polar surface area (TPSA) is 59.8 Å². The fourth-order valence-electron chi connectivity index (χ4n) is 4.20. The minimum Gasteiger partial charge on any atom is -0.351 e. The Bertz CT molecular complexity index is 1580. The van der Waals surface area contributed by atoms with Crippen LogP contribution in [0.25, 0.3) is 43.1 Å². The van der Waals surface area contributed by atoms with Gasteiger partial charge in [0, 0.05) is 35.8 Å². The Labute approximate surface area is 167 Å². The average molecular weight is 405 g/mol. The largest absolute Gasteiger partial charge is 0.351 e. The second-order valence-corrected chi connectivity index (χ2v) is 8.49. The Morgan fingerprint density at radius 3 is 2.72 bits per heavy atom. The summed E-state index contributed by atoms with van der Waals surface area (Å²) < 4.78 is 21.9. The highest BCUT2D eigenvalue weighted by Gasteiger charge is 2.29. The first kappa shape index (κ1) is 16.7. The Morgan fingerprint density at radius 2 is 1.93 bits per heavy atom. The summed E-state index contributed by atoms with van der Waals surface area (Å²) in [5.74, 6) is -0.462. The molecule has 1 N–H and O–H groups in total. The molecule has 0 amide bonds. The van der Waals surface area contributed by atoms with Crippen LogP contribution in [0.1, 0.15) is 18.9 Å². The maximum atomic E-state index is 15.1. The molecule has 0 unspecified atom stereocenters. The molecule has 0 bridgehead atoms. The van der Waals surface area contributed by atoms with Crippen LogP contribution in [0.15, 0.2) is 52.2 Å². The van der Waals surface area contributed by atoms with Gasteiger partial charge in [0.2, 0.25) is 5.43 Å². The van der Waals surface area contributed by atoms with Crippen LogP contribution in [-0.4, -0.2) is 13.5 Å². The van der Waals surface area contributed by atoms with Crippen molar-refractivity contribution in [1.82, 2.24) is 13.5 Å². The number of aromatic nitrogens is 3. The third kappa shape index (κ3) is 2.31. The first-order valence-corrected chi connectivity index (χ1v) is 10.3. The number of H-pyrrole nitrogens is 1. The predicted octanol–water partition coefficient (Wildman–Crippen LogP) is 4.54. The zero-order chi connectivity index (χ0) is 19.9. The van der Waals surface area contributed by atoms with E-state index in [4.69, 9.17) is 0 Å². The first-order chi connectivity index (χ1) is 14.0. The van der Waals surface area contributed by atoms with E-state index < -0.39 is 16.8 Å². The van der Waals surface area contributed by atoms with Gasteiger partial charge in [0.15, 0.2) is 0 Å². The Balaban J connectivity index is 1.72. The number of hydrogen-bond donors (Lipinski definition) is 1. The molecule has 0 atom stereocenters.